The maximum Gasteiger partial charge on any atom is 0.237 e. The molecule has 0 bridgehead atoms. The Morgan fingerprint density at radius 3 is 2.37 bits per heavy atom. The number of carbonyl (C=O) groups is 1. The molecule has 1 aromatic heterocycles. The summed E-state index contributed by atoms with van der Waals surface area (Å²) in [4.78, 5) is 19.6. The molecule has 2 heterocycles. The van der Waals surface area contributed by atoms with Gasteiger partial charge in [-0.05, 0) is 36.7 Å². The molecule has 1 aromatic carbocycles. The van der Waals surface area contributed by atoms with Gasteiger partial charge in [-0.15, -0.1) is 0 Å². The standard InChI is InChI=1S/C23H35N5O2/c1-19(2)18-30-22-7-5-20(6-8-22)15-28(16-21-9-10-26(4)24-21)23(29)17-27-13-11-25(3)12-14-27/h5-10,19H,11-18H2,1-4H3. The Morgan fingerprint density at radius 1 is 1.07 bits per heavy atom. The van der Waals surface area contributed by atoms with Gasteiger partial charge in [-0.3, -0.25) is 14.4 Å². The van der Waals surface area contributed by atoms with Gasteiger partial charge in [-0.2, -0.15) is 5.10 Å². The molecule has 164 valence electrons. The molecule has 0 radical (unpaired) electrons. The van der Waals surface area contributed by atoms with E-state index in [1.54, 1.807) is 4.68 Å². The second kappa shape index (κ2) is 10.6. The van der Waals surface area contributed by atoms with Crippen molar-refractivity contribution in [3.63, 3.8) is 0 Å². The zero-order valence-corrected chi connectivity index (χ0v) is 18.8. The van der Waals surface area contributed by atoms with Crippen molar-refractivity contribution in [3.05, 3.63) is 47.8 Å². The third-order valence-corrected chi connectivity index (χ3v) is 5.31. The number of amides is 1. The molecule has 1 amide bonds. The Balaban J connectivity index is 1.65. The van der Waals surface area contributed by atoms with Crippen LogP contribution >= 0.6 is 0 Å². The summed E-state index contributed by atoms with van der Waals surface area (Å²) in [6.45, 7) is 10.4. The normalized spacial score (nSPS) is 15.5. The third kappa shape index (κ3) is 6.85. The molecule has 1 aliphatic rings. The number of nitrogens with zero attached hydrogens (tertiary/aromatic N) is 5. The van der Waals surface area contributed by atoms with Crippen molar-refractivity contribution >= 4 is 5.91 Å². The van der Waals surface area contributed by atoms with Crippen LogP contribution in [0.5, 0.6) is 5.75 Å². The summed E-state index contributed by atoms with van der Waals surface area (Å²) < 4.78 is 7.56. The fourth-order valence-electron chi connectivity index (χ4n) is 3.45. The number of aromatic nitrogens is 2. The Labute approximate surface area is 180 Å². The lowest BCUT2D eigenvalue weighted by molar-refractivity contribution is -0.134. The topological polar surface area (TPSA) is 53.8 Å². The van der Waals surface area contributed by atoms with Gasteiger partial charge in [-0.1, -0.05) is 26.0 Å². The lowest BCUT2D eigenvalue weighted by Crippen LogP contribution is -2.48. The van der Waals surface area contributed by atoms with Crippen molar-refractivity contribution in [1.29, 1.82) is 0 Å². The Hall–Kier alpha value is -2.38. The molecule has 7 heteroatoms. The van der Waals surface area contributed by atoms with E-state index in [-0.39, 0.29) is 5.91 Å². The molecule has 30 heavy (non-hydrogen) atoms. The van der Waals surface area contributed by atoms with Gasteiger partial charge >= 0.3 is 0 Å². The Kier molecular flexibility index (Phi) is 7.87. The van der Waals surface area contributed by atoms with E-state index in [2.05, 4.69) is 35.8 Å². The molecule has 0 atom stereocenters. The molecule has 0 spiro atoms. The van der Waals surface area contributed by atoms with E-state index in [0.717, 1.165) is 43.2 Å². The molecular formula is C23H35N5O2. The first-order valence-electron chi connectivity index (χ1n) is 10.8. The summed E-state index contributed by atoms with van der Waals surface area (Å²) in [6, 6.07) is 10.0. The van der Waals surface area contributed by atoms with Crippen LogP contribution in [0.4, 0.5) is 0 Å². The molecule has 7 nitrogen and oxygen atoms in total. The van der Waals surface area contributed by atoms with Crippen LogP contribution in [-0.4, -0.2) is 76.8 Å². The fourth-order valence-corrected chi connectivity index (χ4v) is 3.45. The number of rotatable bonds is 9. The van der Waals surface area contributed by atoms with Crippen molar-refractivity contribution in [3.8, 4) is 5.75 Å². The van der Waals surface area contributed by atoms with Crippen molar-refractivity contribution in [1.82, 2.24) is 24.5 Å². The maximum absolute atomic E-state index is 13.2. The second-order valence-electron chi connectivity index (χ2n) is 8.66. The zero-order chi connectivity index (χ0) is 21.5. The average molecular weight is 414 g/mol. The third-order valence-electron chi connectivity index (χ3n) is 5.31. The van der Waals surface area contributed by atoms with Crippen LogP contribution in [0.1, 0.15) is 25.1 Å². The number of piperazine rings is 1. The summed E-state index contributed by atoms with van der Waals surface area (Å²) in [7, 11) is 4.02. The van der Waals surface area contributed by atoms with Crippen LogP contribution in [0.15, 0.2) is 36.5 Å². The van der Waals surface area contributed by atoms with Crippen LogP contribution in [0, 0.1) is 5.92 Å². The molecule has 0 N–H and O–H groups in total. The number of likely N-dealkylation sites (N-methyl/N-ethyl adjacent to an activating group) is 1. The molecule has 0 saturated carbocycles. The average Bonchev–Trinajstić information content (AvgIpc) is 3.13. The molecule has 2 aromatic rings. The van der Waals surface area contributed by atoms with Crippen molar-refractivity contribution in [2.45, 2.75) is 26.9 Å². The molecule has 0 unspecified atom stereocenters. The molecular weight excluding hydrogens is 378 g/mol. The van der Waals surface area contributed by atoms with Gasteiger partial charge in [0.2, 0.25) is 5.91 Å². The van der Waals surface area contributed by atoms with Crippen molar-refractivity contribution in [2.24, 2.45) is 13.0 Å². The van der Waals surface area contributed by atoms with Crippen LogP contribution in [0.3, 0.4) is 0 Å². The Bertz CT molecular complexity index is 794. The predicted octanol–water partition coefficient (Wildman–Crippen LogP) is 2.23. The van der Waals surface area contributed by atoms with E-state index in [1.807, 2.05) is 48.5 Å². The quantitative estimate of drug-likeness (QED) is 0.631. The fraction of sp³-hybridized carbons (Fsp3) is 0.565. The van der Waals surface area contributed by atoms with E-state index in [0.29, 0.717) is 32.2 Å². The second-order valence-corrected chi connectivity index (χ2v) is 8.66. The van der Waals surface area contributed by atoms with Crippen molar-refractivity contribution < 1.29 is 9.53 Å². The monoisotopic (exact) mass is 413 g/mol. The van der Waals surface area contributed by atoms with Gasteiger partial charge in [0, 0.05) is 46.0 Å². The Morgan fingerprint density at radius 2 is 1.77 bits per heavy atom. The highest BCUT2D eigenvalue weighted by molar-refractivity contribution is 5.78. The van der Waals surface area contributed by atoms with Gasteiger partial charge in [0.1, 0.15) is 5.75 Å². The van der Waals surface area contributed by atoms with Gasteiger partial charge < -0.3 is 14.5 Å². The van der Waals surface area contributed by atoms with Crippen LogP contribution in [-0.2, 0) is 24.9 Å². The summed E-state index contributed by atoms with van der Waals surface area (Å²) in [5.41, 5.74) is 2.00. The maximum atomic E-state index is 13.2. The first-order valence-corrected chi connectivity index (χ1v) is 10.8. The van der Waals surface area contributed by atoms with E-state index in [9.17, 15) is 4.79 Å². The first-order chi connectivity index (χ1) is 14.4. The lowest BCUT2D eigenvalue weighted by Gasteiger charge is -2.33. The molecule has 1 fully saturated rings. The smallest absolute Gasteiger partial charge is 0.237 e. The highest BCUT2D eigenvalue weighted by Gasteiger charge is 2.21. The molecule has 1 aliphatic heterocycles. The van der Waals surface area contributed by atoms with Gasteiger partial charge in [0.25, 0.3) is 0 Å². The predicted molar refractivity (Wildman–Crippen MR) is 118 cm³/mol. The van der Waals surface area contributed by atoms with Gasteiger partial charge in [0.05, 0.1) is 25.4 Å². The highest BCUT2D eigenvalue weighted by Crippen LogP contribution is 2.16. The van der Waals surface area contributed by atoms with Crippen LogP contribution in [0.25, 0.3) is 0 Å². The minimum absolute atomic E-state index is 0.144. The van der Waals surface area contributed by atoms with E-state index < -0.39 is 0 Å². The van der Waals surface area contributed by atoms with Crippen LogP contribution < -0.4 is 4.74 Å². The number of carbonyl (C=O) groups excluding carboxylic acids is 1. The molecule has 0 aliphatic carbocycles. The van der Waals surface area contributed by atoms with Crippen molar-refractivity contribution in [2.75, 3.05) is 46.4 Å². The van der Waals surface area contributed by atoms with E-state index in [1.165, 1.54) is 0 Å². The van der Waals surface area contributed by atoms with Gasteiger partial charge in [0.15, 0.2) is 0 Å². The summed E-state index contributed by atoms with van der Waals surface area (Å²) >= 11 is 0. The highest BCUT2D eigenvalue weighted by atomic mass is 16.5. The molecule has 1 saturated heterocycles. The lowest BCUT2D eigenvalue weighted by atomic mass is 10.2. The minimum Gasteiger partial charge on any atom is -0.493 e. The summed E-state index contributed by atoms with van der Waals surface area (Å²) in [5, 5.41) is 4.47. The minimum atomic E-state index is 0.144. The van der Waals surface area contributed by atoms with Gasteiger partial charge in [-0.25, -0.2) is 0 Å². The largest absolute Gasteiger partial charge is 0.493 e. The summed E-state index contributed by atoms with van der Waals surface area (Å²) in [6.07, 6.45) is 1.92. The number of benzene rings is 1. The summed E-state index contributed by atoms with van der Waals surface area (Å²) in [5.74, 6) is 1.50. The first kappa shape index (κ1) is 22.3. The van der Waals surface area contributed by atoms with E-state index >= 15 is 0 Å². The SMILES string of the molecule is CC(C)COc1ccc(CN(Cc2ccn(C)n2)C(=O)CN2CCN(C)CC2)cc1. The number of hydrogen-bond donors (Lipinski definition) is 0. The van der Waals surface area contributed by atoms with Crippen LogP contribution in [0.2, 0.25) is 0 Å². The number of ether oxygens (including phenoxy) is 1. The number of aryl methyl sites for hydroxylation is 1. The number of hydrogen-bond acceptors (Lipinski definition) is 5. The molecule has 3 rings (SSSR count). The zero-order valence-electron chi connectivity index (χ0n) is 18.8. The van der Waals surface area contributed by atoms with E-state index in [4.69, 9.17) is 4.74 Å².